The number of hydrogen-bond acceptors (Lipinski definition) is 7. The second-order valence-electron chi connectivity index (χ2n) is 9.56. The van der Waals surface area contributed by atoms with Gasteiger partial charge in [0, 0.05) is 36.9 Å². The fraction of sp³-hybridized carbons (Fsp3) is 0.357. The third-order valence-corrected chi connectivity index (χ3v) is 7.34. The molecule has 10 heteroatoms. The highest BCUT2D eigenvalue weighted by atomic mass is 35.5. The molecule has 198 valence electrons. The Morgan fingerprint density at radius 2 is 1.97 bits per heavy atom. The Morgan fingerprint density at radius 3 is 2.71 bits per heavy atom. The highest BCUT2D eigenvalue weighted by molar-refractivity contribution is 6.33. The van der Waals surface area contributed by atoms with Crippen LogP contribution in [0.3, 0.4) is 0 Å². The molecule has 0 unspecified atom stereocenters. The van der Waals surface area contributed by atoms with E-state index in [2.05, 4.69) is 20.6 Å². The van der Waals surface area contributed by atoms with Crippen LogP contribution in [0.2, 0.25) is 5.02 Å². The summed E-state index contributed by atoms with van der Waals surface area (Å²) in [5.74, 6) is -0.0978. The van der Waals surface area contributed by atoms with Crippen molar-refractivity contribution in [3.8, 4) is 11.3 Å². The van der Waals surface area contributed by atoms with Crippen LogP contribution in [0.5, 0.6) is 0 Å². The molecule has 0 aliphatic carbocycles. The highest BCUT2D eigenvalue weighted by Gasteiger charge is 2.35. The van der Waals surface area contributed by atoms with Crippen LogP contribution in [0.25, 0.3) is 11.3 Å². The van der Waals surface area contributed by atoms with Crippen molar-refractivity contribution < 1.29 is 19.4 Å². The van der Waals surface area contributed by atoms with Crippen LogP contribution in [0.1, 0.15) is 47.3 Å². The van der Waals surface area contributed by atoms with Crippen molar-refractivity contribution in [3.63, 3.8) is 0 Å². The predicted octanol–water partition coefficient (Wildman–Crippen LogP) is 3.58. The maximum Gasteiger partial charge on any atom is 0.255 e. The number of benzene rings is 2. The number of halogens is 1. The number of aromatic nitrogens is 2. The molecule has 0 bridgehead atoms. The molecule has 3 N–H and O–H groups in total. The van der Waals surface area contributed by atoms with Gasteiger partial charge in [-0.1, -0.05) is 54.1 Å². The fourth-order valence-corrected chi connectivity index (χ4v) is 5.00. The van der Waals surface area contributed by atoms with Gasteiger partial charge in [-0.05, 0) is 37.0 Å². The molecule has 0 saturated carbocycles. The summed E-state index contributed by atoms with van der Waals surface area (Å²) in [4.78, 5) is 36.9. The van der Waals surface area contributed by atoms with Crippen LogP contribution in [-0.2, 0) is 16.1 Å². The smallest absolute Gasteiger partial charge is 0.255 e. The van der Waals surface area contributed by atoms with Crippen molar-refractivity contribution in [2.75, 3.05) is 25.1 Å². The van der Waals surface area contributed by atoms with Gasteiger partial charge in [-0.2, -0.15) is 0 Å². The lowest BCUT2D eigenvalue weighted by molar-refractivity contribution is -0.126. The molecule has 9 nitrogen and oxygen atoms in total. The Labute approximate surface area is 226 Å². The van der Waals surface area contributed by atoms with Gasteiger partial charge < -0.3 is 25.4 Å². The lowest BCUT2D eigenvalue weighted by Crippen LogP contribution is -2.46. The molecule has 1 aromatic heterocycles. The predicted molar refractivity (Wildman–Crippen MR) is 144 cm³/mol. The zero-order valence-electron chi connectivity index (χ0n) is 21.1. The molecule has 38 heavy (non-hydrogen) atoms. The zero-order chi connectivity index (χ0) is 26.6. The summed E-state index contributed by atoms with van der Waals surface area (Å²) >= 11 is 6.45. The maximum atomic E-state index is 13.4. The summed E-state index contributed by atoms with van der Waals surface area (Å²) in [5, 5.41) is 16.4. The highest BCUT2D eigenvalue weighted by Crippen LogP contribution is 2.32. The number of amides is 2. The topological polar surface area (TPSA) is 117 Å². The first-order valence-corrected chi connectivity index (χ1v) is 13.1. The summed E-state index contributed by atoms with van der Waals surface area (Å²) in [7, 11) is 0. The molecule has 5 rings (SSSR count). The summed E-state index contributed by atoms with van der Waals surface area (Å²) in [6, 6.07) is 13.7. The molecular weight excluding hydrogens is 506 g/mol. The van der Waals surface area contributed by atoms with Gasteiger partial charge in [-0.3, -0.25) is 9.59 Å². The molecule has 2 aliphatic rings. The lowest BCUT2D eigenvalue weighted by atomic mass is 10.0. The second kappa shape index (κ2) is 11.5. The average Bonchev–Trinajstić information content (AvgIpc) is 3.28. The number of aliphatic hydroxyl groups is 1. The minimum Gasteiger partial charge on any atom is -0.394 e. The van der Waals surface area contributed by atoms with Crippen molar-refractivity contribution in [1.82, 2.24) is 20.2 Å². The van der Waals surface area contributed by atoms with Gasteiger partial charge in [-0.15, -0.1) is 0 Å². The number of rotatable bonds is 8. The molecule has 0 radical (unpaired) electrons. The molecular formula is C28H30ClN5O4. The van der Waals surface area contributed by atoms with Gasteiger partial charge >= 0.3 is 0 Å². The number of hydrogen-bond donors (Lipinski definition) is 3. The van der Waals surface area contributed by atoms with E-state index < -0.39 is 12.1 Å². The Balaban J connectivity index is 1.31. The van der Waals surface area contributed by atoms with Crippen molar-refractivity contribution in [2.24, 2.45) is 0 Å². The molecule has 2 atom stereocenters. The van der Waals surface area contributed by atoms with Crippen molar-refractivity contribution in [1.29, 1.82) is 0 Å². The van der Waals surface area contributed by atoms with E-state index in [0.717, 1.165) is 24.0 Å². The standard InChI is InChI=1S/C28H30ClN5O4/c1-17(26(36)32-24(16-35)18-5-3-2-4-6-18)34-15-20-8-7-19(13-22(20)27(34)37)25-23(29)14-30-28(33-25)31-21-9-11-38-12-10-21/h2-8,13-14,17,21,24,35H,9-12,15-16H2,1H3,(H,32,36)(H,30,31,33)/t17-,24-/m1/s1. The van der Waals surface area contributed by atoms with Crippen LogP contribution in [0, 0.1) is 0 Å². The van der Waals surface area contributed by atoms with Gasteiger partial charge in [0.25, 0.3) is 5.91 Å². The molecule has 3 heterocycles. The number of ether oxygens (including phenoxy) is 1. The van der Waals surface area contributed by atoms with Gasteiger partial charge in [0.05, 0.1) is 29.6 Å². The van der Waals surface area contributed by atoms with E-state index in [1.807, 2.05) is 42.5 Å². The first-order chi connectivity index (χ1) is 18.4. The van der Waals surface area contributed by atoms with E-state index in [1.165, 1.54) is 4.90 Å². The molecule has 2 amide bonds. The number of aliphatic hydroxyl groups excluding tert-OH is 1. The number of fused-ring (bicyclic) bond motifs is 1. The first kappa shape index (κ1) is 26.1. The van der Waals surface area contributed by atoms with Gasteiger partial charge in [0.15, 0.2) is 0 Å². The second-order valence-corrected chi connectivity index (χ2v) is 9.96. The Bertz CT molecular complexity index is 1320. The summed E-state index contributed by atoms with van der Waals surface area (Å²) in [6.45, 7) is 3.15. The summed E-state index contributed by atoms with van der Waals surface area (Å²) < 4.78 is 5.41. The van der Waals surface area contributed by atoms with Gasteiger partial charge in [0.1, 0.15) is 6.04 Å². The van der Waals surface area contributed by atoms with Crippen LogP contribution >= 0.6 is 11.6 Å². The number of nitrogens with zero attached hydrogens (tertiary/aromatic N) is 3. The quantitative estimate of drug-likeness (QED) is 0.403. The third-order valence-electron chi connectivity index (χ3n) is 7.06. The van der Waals surface area contributed by atoms with E-state index in [4.69, 9.17) is 16.3 Å². The van der Waals surface area contributed by atoms with Crippen molar-refractivity contribution in [3.05, 3.63) is 76.4 Å². The number of carbonyl (C=O) groups excluding carboxylic acids is 2. The molecule has 2 aromatic carbocycles. The minimum absolute atomic E-state index is 0.230. The number of anilines is 1. The normalized spacial score (nSPS) is 17.1. The fourth-order valence-electron chi connectivity index (χ4n) is 4.80. The number of nitrogens with one attached hydrogen (secondary N) is 2. The van der Waals surface area contributed by atoms with Crippen LogP contribution < -0.4 is 10.6 Å². The van der Waals surface area contributed by atoms with E-state index in [0.29, 0.717) is 47.6 Å². The van der Waals surface area contributed by atoms with Crippen LogP contribution in [-0.4, -0.2) is 63.7 Å². The van der Waals surface area contributed by atoms with Crippen LogP contribution in [0.15, 0.2) is 54.7 Å². The Morgan fingerprint density at radius 1 is 1.21 bits per heavy atom. The van der Waals surface area contributed by atoms with Crippen molar-refractivity contribution in [2.45, 2.75) is 44.4 Å². The SMILES string of the molecule is C[C@H](C(=O)N[C@H](CO)c1ccccc1)N1Cc2ccc(-c3nc(NC4CCOCC4)ncc3Cl)cc2C1=O. The summed E-state index contributed by atoms with van der Waals surface area (Å²) in [5.41, 5.74) is 3.36. The van der Waals surface area contributed by atoms with E-state index in [-0.39, 0.29) is 24.5 Å². The Hall–Kier alpha value is -3.53. The summed E-state index contributed by atoms with van der Waals surface area (Å²) in [6.07, 6.45) is 3.31. The lowest BCUT2D eigenvalue weighted by Gasteiger charge is -2.26. The van der Waals surface area contributed by atoms with E-state index in [1.54, 1.807) is 19.2 Å². The van der Waals surface area contributed by atoms with E-state index in [9.17, 15) is 14.7 Å². The number of carbonyl (C=O) groups is 2. The molecule has 3 aromatic rings. The zero-order valence-corrected chi connectivity index (χ0v) is 21.8. The monoisotopic (exact) mass is 535 g/mol. The molecule has 1 saturated heterocycles. The van der Waals surface area contributed by atoms with Crippen LogP contribution in [0.4, 0.5) is 5.95 Å². The minimum atomic E-state index is -0.728. The van der Waals surface area contributed by atoms with Gasteiger partial charge in [-0.25, -0.2) is 9.97 Å². The average molecular weight is 536 g/mol. The molecule has 1 fully saturated rings. The van der Waals surface area contributed by atoms with Crippen molar-refractivity contribution >= 4 is 29.4 Å². The van der Waals surface area contributed by atoms with Gasteiger partial charge in [0.2, 0.25) is 11.9 Å². The maximum absolute atomic E-state index is 13.4. The molecule has 2 aliphatic heterocycles. The third kappa shape index (κ3) is 5.50. The Kier molecular flexibility index (Phi) is 7.87. The van der Waals surface area contributed by atoms with E-state index >= 15 is 0 Å². The largest absolute Gasteiger partial charge is 0.394 e. The first-order valence-electron chi connectivity index (χ1n) is 12.7. The molecule has 0 spiro atoms.